The van der Waals surface area contributed by atoms with E-state index in [1.807, 2.05) is 25.1 Å². The third kappa shape index (κ3) is 2.71. The highest BCUT2D eigenvalue weighted by Gasteiger charge is 2.13. The van der Waals surface area contributed by atoms with Crippen molar-refractivity contribution in [2.45, 2.75) is 6.92 Å². The third-order valence-electron chi connectivity index (χ3n) is 2.40. The van der Waals surface area contributed by atoms with Crippen LogP contribution in [-0.4, -0.2) is 0 Å². The normalized spacial score (nSPS) is 10.6. The molecule has 0 N–H and O–H groups in total. The summed E-state index contributed by atoms with van der Waals surface area (Å²) in [6.07, 6.45) is 0. The Morgan fingerprint density at radius 2 is 1.35 bits per heavy atom. The van der Waals surface area contributed by atoms with Gasteiger partial charge in [0.25, 0.3) is 0 Å². The molecule has 0 atom stereocenters. The van der Waals surface area contributed by atoms with Crippen LogP contribution in [-0.2, 0) is 0 Å². The molecule has 0 aromatic heterocycles. The Hall–Kier alpha value is -0.400. The van der Waals surface area contributed by atoms with Crippen molar-refractivity contribution in [3.63, 3.8) is 0 Å². The van der Waals surface area contributed by atoms with Gasteiger partial charge >= 0.3 is 0 Å². The first-order chi connectivity index (χ1) is 7.99. The molecule has 0 heterocycles. The molecule has 0 fully saturated rings. The zero-order chi connectivity index (χ0) is 12.6. The van der Waals surface area contributed by atoms with Crippen LogP contribution in [0.3, 0.4) is 0 Å². The van der Waals surface area contributed by atoms with Crippen LogP contribution in [0.4, 0.5) is 0 Å². The number of rotatable bonds is 1. The molecule has 0 radical (unpaired) electrons. The van der Waals surface area contributed by atoms with Gasteiger partial charge in [-0.2, -0.15) is 0 Å². The topological polar surface area (TPSA) is 0 Å². The smallest absolute Gasteiger partial charge is 0.0514 e. The van der Waals surface area contributed by atoms with Gasteiger partial charge < -0.3 is 0 Å². The highest BCUT2D eigenvalue weighted by atomic mass is 35.5. The minimum atomic E-state index is 0.494. The van der Waals surface area contributed by atoms with E-state index in [-0.39, 0.29) is 0 Å². The van der Waals surface area contributed by atoms with E-state index >= 15 is 0 Å². The zero-order valence-corrected chi connectivity index (χ0v) is 11.9. The number of benzene rings is 2. The largest absolute Gasteiger partial charge is 0.0842 e. The molecule has 0 saturated heterocycles. The van der Waals surface area contributed by atoms with Crippen molar-refractivity contribution in [2.75, 3.05) is 0 Å². The van der Waals surface area contributed by atoms with Crippen LogP contribution in [0.5, 0.6) is 0 Å². The molecule has 0 aliphatic rings. The van der Waals surface area contributed by atoms with E-state index in [4.69, 9.17) is 46.4 Å². The highest BCUT2D eigenvalue weighted by molar-refractivity contribution is 6.43. The summed E-state index contributed by atoms with van der Waals surface area (Å²) in [4.78, 5) is 0. The molecule has 17 heavy (non-hydrogen) atoms. The van der Waals surface area contributed by atoms with Gasteiger partial charge in [-0.05, 0) is 30.7 Å². The van der Waals surface area contributed by atoms with Crippen LogP contribution in [0, 0.1) is 6.92 Å². The van der Waals surface area contributed by atoms with Crippen LogP contribution in [0.15, 0.2) is 30.3 Å². The van der Waals surface area contributed by atoms with E-state index < -0.39 is 0 Å². The van der Waals surface area contributed by atoms with Gasteiger partial charge in [0.05, 0.1) is 10.0 Å². The Bertz CT molecular complexity index is 553. The Labute approximate surface area is 120 Å². The number of hydrogen-bond acceptors (Lipinski definition) is 0. The molecule has 4 heteroatoms. The monoisotopic (exact) mass is 304 g/mol. The van der Waals surface area contributed by atoms with E-state index in [0.29, 0.717) is 25.7 Å². The van der Waals surface area contributed by atoms with Gasteiger partial charge in [-0.1, -0.05) is 58.5 Å². The predicted molar refractivity (Wildman–Crippen MR) is 76.7 cm³/mol. The van der Waals surface area contributed by atoms with Gasteiger partial charge in [-0.25, -0.2) is 0 Å². The van der Waals surface area contributed by atoms with Crippen LogP contribution >= 0.6 is 46.4 Å². The second-order valence-corrected chi connectivity index (χ2v) is 5.39. The van der Waals surface area contributed by atoms with Crippen molar-refractivity contribution < 1.29 is 0 Å². The lowest BCUT2D eigenvalue weighted by molar-refractivity contribution is 1.47. The highest BCUT2D eigenvalue weighted by Crippen LogP contribution is 2.40. The minimum Gasteiger partial charge on any atom is -0.0842 e. The quantitative estimate of drug-likeness (QED) is 0.582. The first-order valence-corrected chi connectivity index (χ1v) is 6.41. The van der Waals surface area contributed by atoms with Crippen molar-refractivity contribution >= 4 is 46.4 Å². The summed E-state index contributed by atoms with van der Waals surface area (Å²) >= 11 is 24.4. The van der Waals surface area contributed by atoms with E-state index in [0.717, 1.165) is 11.1 Å². The van der Waals surface area contributed by atoms with Gasteiger partial charge in [0, 0.05) is 21.2 Å². The van der Waals surface area contributed by atoms with E-state index in [1.165, 1.54) is 0 Å². The van der Waals surface area contributed by atoms with Crippen LogP contribution in [0.1, 0.15) is 5.56 Å². The first kappa shape index (κ1) is 13.0. The summed E-state index contributed by atoms with van der Waals surface area (Å²) in [5, 5.41) is 2.12. The lowest BCUT2D eigenvalue weighted by Crippen LogP contribution is -1.85. The fourth-order valence-electron chi connectivity index (χ4n) is 1.62. The van der Waals surface area contributed by atoms with E-state index in [9.17, 15) is 0 Å². The van der Waals surface area contributed by atoms with Crippen LogP contribution in [0.25, 0.3) is 11.1 Å². The molecule has 0 unspecified atom stereocenters. The van der Waals surface area contributed by atoms with E-state index in [2.05, 4.69) is 0 Å². The summed E-state index contributed by atoms with van der Waals surface area (Å²) in [6, 6.07) is 9.04. The first-order valence-electron chi connectivity index (χ1n) is 4.90. The van der Waals surface area contributed by atoms with E-state index in [1.54, 1.807) is 12.1 Å². The maximum atomic E-state index is 6.20. The predicted octanol–water partition coefficient (Wildman–Crippen LogP) is 6.28. The zero-order valence-electron chi connectivity index (χ0n) is 8.90. The molecule has 0 saturated carbocycles. The van der Waals surface area contributed by atoms with Gasteiger partial charge in [0.15, 0.2) is 0 Å². The van der Waals surface area contributed by atoms with Crippen molar-refractivity contribution in [3.8, 4) is 11.1 Å². The third-order valence-corrected chi connectivity index (χ3v) is 3.53. The lowest BCUT2D eigenvalue weighted by Gasteiger charge is -2.10. The summed E-state index contributed by atoms with van der Waals surface area (Å²) in [5.74, 6) is 0. The second-order valence-electron chi connectivity index (χ2n) is 3.73. The Balaban J connectivity index is 2.68. The fraction of sp³-hybridized carbons (Fsp3) is 0.0769. The Kier molecular flexibility index (Phi) is 3.89. The summed E-state index contributed by atoms with van der Waals surface area (Å²) in [5.41, 5.74) is 2.60. The van der Waals surface area contributed by atoms with Gasteiger partial charge in [-0.3, -0.25) is 0 Å². The molecule has 0 aliphatic heterocycles. The molecule has 0 amide bonds. The minimum absolute atomic E-state index is 0.494. The molecular weight excluding hydrogens is 298 g/mol. The fourth-order valence-corrected chi connectivity index (χ4v) is 2.97. The average Bonchev–Trinajstić information content (AvgIpc) is 2.19. The van der Waals surface area contributed by atoms with Crippen molar-refractivity contribution in [1.82, 2.24) is 0 Å². The molecule has 0 bridgehead atoms. The SMILES string of the molecule is Cc1ccc(-c2c(Cl)cc(Cl)cc2Cl)c(Cl)c1. The lowest BCUT2D eigenvalue weighted by atomic mass is 10.0. The number of halogens is 4. The summed E-state index contributed by atoms with van der Waals surface area (Å²) in [7, 11) is 0. The second kappa shape index (κ2) is 5.07. The van der Waals surface area contributed by atoms with Crippen LogP contribution < -0.4 is 0 Å². The van der Waals surface area contributed by atoms with Gasteiger partial charge in [0.1, 0.15) is 0 Å². The number of hydrogen-bond donors (Lipinski definition) is 0. The molecule has 2 aromatic rings. The Morgan fingerprint density at radius 3 is 1.88 bits per heavy atom. The molecule has 0 aliphatic carbocycles. The molecule has 0 spiro atoms. The molecule has 0 nitrogen and oxygen atoms in total. The molecule has 2 rings (SSSR count). The standard InChI is InChI=1S/C13H8Cl4/c1-7-2-3-9(10(15)4-7)13-11(16)5-8(14)6-12(13)17/h2-6H,1H3. The van der Waals surface area contributed by atoms with Gasteiger partial charge in [-0.15, -0.1) is 0 Å². The summed E-state index contributed by atoms with van der Waals surface area (Å²) in [6.45, 7) is 1.97. The maximum Gasteiger partial charge on any atom is 0.0514 e. The number of aryl methyl sites for hydroxylation is 1. The Morgan fingerprint density at radius 1 is 0.765 bits per heavy atom. The van der Waals surface area contributed by atoms with Gasteiger partial charge in [0.2, 0.25) is 0 Å². The van der Waals surface area contributed by atoms with Crippen molar-refractivity contribution in [3.05, 3.63) is 56.0 Å². The van der Waals surface area contributed by atoms with Crippen LogP contribution in [0.2, 0.25) is 20.1 Å². The van der Waals surface area contributed by atoms with Crippen molar-refractivity contribution in [1.29, 1.82) is 0 Å². The average molecular weight is 306 g/mol. The maximum absolute atomic E-state index is 6.20. The van der Waals surface area contributed by atoms with Crippen molar-refractivity contribution in [2.24, 2.45) is 0 Å². The summed E-state index contributed by atoms with van der Waals surface area (Å²) < 4.78 is 0. The molecule has 2 aromatic carbocycles. The molecule has 88 valence electrons. The molecular formula is C13H8Cl4.